The number of hydrogen-bond acceptors (Lipinski definition) is 3. The maximum absolute atomic E-state index is 12.0. The maximum Gasteiger partial charge on any atom is 0.326 e. The molecule has 0 aliphatic carbocycles. The number of piperidine rings is 1. The average Bonchev–Trinajstić information content (AvgIpc) is 2.48. The van der Waals surface area contributed by atoms with Gasteiger partial charge in [0.1, 0.15) is 11.9 Å². The van der Waals surface area contributed by atoms with Crippen molar-refractivity contribution in [3.05, 3.63) is 36.5 Å². The van der Waals surface area contributed by atoms with Crippen molar-refractivity contribution in [1.29, 1.82) is 0 Å². The summed E-state index contributed by atoms with van der Waals surface area (Å²) in [6, 6.07) is 7.64. The normalized spacial score (nSPS) is 20.3. The Bertz CT molecular complexity index is 538. The van der Waals surface area contributed by atoms with Gasteiger partial charge in [0, 0.05) is 30.4 Å². The molecule has 0 unspecified atom stereocenters. The van der Waals surface area contributed by atoms with Gasteiger partial charge in [-0.2, -0.15) is 0 Å². The Morgan fingerprint density at radius 3 is 2.86 bits per heavy atom. The summed E-state index contributed by atoms with van der Waals surface area (Å²) in [6.45, 7) is 6.45. The van der Waals surface area contributed by atoms with Gasteiger partial charge in [-0.3, -0.25) is 4.90 Å². The highest BCUT2D eigenvalue weighted by Gasteiger charge is 2.22. The first-order valence-corrected chi connectivity index (χ1v) is 7.46. The van der Waals surface area contributed by atoms with Crippen molar-refractivity contribution >= 4 is 11.7 Å². The first kappa shape index (κ1) is 13.9. The minimum Gasteiger partial charge on any atom is -0.490 e. The molecule has 3 rings (SSSR count). The number of anilines is 1. The molecular formula is C16H21N3O2. The van der Waals surface area contributed by atoms with Crippen LogP contribution in [0.2, 0.25) is 0 Å². The Labute approximate surface area is 125 Å². The first-order chi connectivity index (χ1) is 10.2. The number of rotatable bonds is 3. The molecule has 2 heterocycles. The second-order valence-corrected chi connectivity index (χ2v) is 5.50. The molecule has 0 atom stereocenters. The number of carbonyl (C=O) groups excluding carboxylic acids is 1. The van der Waals surface area contributed by atoms with Gasteiger partial charge in [0.05, 0.1) is 0 Å². The molecule has 21 heavy (non-hydrogen) atoms. The molecule has 5 nitrogen and oxygen atoms in total. The second-order valence-electron chi connectivity index (χ2n) is 5.50. The van der Waals surface area contributed by atoms with E-state index in [1.54, 1.807) is 4.90 Å². The molecule has 5 heteroatoms. The van der Waals surface area contributed by atoms with Gasteiger partial charge in [0.15, 0.2) is 0 Å². The second kappa shape index (κ2) is 6.18. The van der Waals surface area contributed by atoms with Crippen LogP contribution in [-0.4, -0.2) is 31.8 Å². The molecule has 2 aliphatic rings. The molecule has 0 saturated carbocycles. The predicted molar refractivity (Wildman–Crippen MR) is 82.6 cm³/mol. The summed E-state index contributed by atoms with van der Waals surface area (Å²) in [7, 11) is 0. The third-order valence-electron chi connectivity index (χ3n) is 3.88. The minimum absolute atomic E-state index is 0.120. The van der Waals surface area contributed by atoms with E-state index in [1.807, 2.05) is 24.3 Å². The van der Waals surface area contributed by atoms with Crippen molar-refractivity contribution in [2.45, 2.75) is 25.4 Å². The molecule has 1 aromatic carbocycles. The SMILES string of the molecule is C=C1CCN(c2cccc(OC3CCNCC3)c2)C(=O)N1. The van der Waals surface area contributed by atoms with E-state index in [-0.39, 0.29) is 12.1 Å². The molecule has 0 radical (unpaired) electrons. The number of benzene rings is 1. The van der Waals surface area contributed by atoms with Gasteiger partial charge in [-0.25, -0.2) is 4.79 Å². The number of amides is 2. The van der Waals surface area contributed by atoms with Gasteiger partial charge in [-0.1, -0.05) is 12.6 Å². The Kier molecular flexibility index (Phi) is 4.10. The lowest BCUT2D eigenvalue weighted by Crippen LogP contribution is -2.45. The standard InChI is InChI=1S/C16H21N3O2/c1-12-7-10-19(16(20)18-12)13-3-2-4-15(11-13)21-14-5-8-17-9-6-14/h2-4,11,14,17H,1,5-10H2,(H,18,20). The third-order valence-corrected chi connectivity index (χ3v) is 3.88. The molecule has 0 bridgehead atoms. The van der Waals surface area contributed by atoms with Crippen molar-refractivity contribution in [2.24, 2.45) is 0 Å². The Balaban J connectivity index is 1.70. The van der Waals surface area contributed by atoms with Crippen LogP contribution >= 0.6 is 0 Å². The molecule has 2 amide bonds. The summed E-state index contributed by atoms with van der Waals surface area (Å²) >= 11 is 0. The van der Waals surface area contributed by atoms with Crippen LogP contribution in [-0.2, 0) is 0 Å². The number of nitrogens with one attached hydrogen (secondary N) is 2. The molecule has 2 fully saturated rings. The highest BCUT2D eigenvalue weighted by molar-refractivity contribution is 5.94. The van der Waals surface area contributed by atoms with E-state index in [0.29, 0.717) is 6.54 Å². The quantitative estimate of drug-likeness (QED) is 0.896. The summed E-state index contributed by atoms with van der Waals surface area (Å²) < 4.78 is 6.03. The number of hydrogen-bond donors (Lipinski definition) is 2. The number of ether oxygens (including phenoxy) is 1. The van der Waals surface area contributed by atoms with E-state index in [1.165, 1.54) is 0 Å². The van der Waals surface area contributed by atoms with Crippen LogP contribution in [0.1, 0.15) is 19.3 Å². The van der Waals surface area contributed by atoms with E-state index in [0.717, 1.165) is 49.5 Å². The lowest BCUT2D eigenvalue weighted by molar-refractivity contribution is 0.162. The Morgan fingerprint density at radius 1 is 1.29 bits per heavy atom. The van der Waals surface area contributed by atoms with Crippen LogP contribution in [0.5, 0.6) is 5.75 Å². The molecule has 0 aromatic heterocycles. The minimum atomic E-state index is -0.120. The highest BCUT2D eigenvalue weighted by Crippen LogP contribution is 2.25. The first-order valence-electron chi connectivity index (χ1n) is 7.46. The number of urea groups is 1. The van der Waals surface area contributed by atoms with Crippen LogP contribution < -0.4 is 20.3 Å². The highest BCUT2D eigenvalue weighted by atomic mass is 16.5. The van der Waals surface area contributed by atoms with Gasteiger partial charge in [-0.15, -0.1) is 0 Å². The van der Waals surface area contributed by atoms with E-state index >= 15 is 0 Å². The van der Waals surface area contributed by atoms with Crippen molar-refractivity contribution in [3.63, 3.8) is 0 Å². The van der Waals surface area contributed by atoms with Crippen molar-refractivity contribution in [1.82, 2.24) is 10.6 Å². The van der Waals surface area contributed by atoms with E-state index in [2.05, 4.69) is 17.2 Å². The smallest absolute Gasteiger partial charge is 0.326 e. The van der Waals surface area contributed by atoms with Crippen LogP contribution in [0, 0.1) is 0 Å². The molecule has 2 saturated heterocycles. The fourth-order valence-corrected chi connectivity index (χ4v) is 2.71. The lowest BCUT2D eigenvalue weighted by Gasteiger charge is -2.29. The summed E-state index contributed by atoms with van der Waals surface area (Å²) in [5, 5.41) is 6.10. The van der Waals surface area contributed by atoms with Gasteiger partial charge >= 0.3 is 6.03 Å². The predicted octanol–water partition coefficient (Wildman–Crippen LogP) is 2.25. The van der Waals surface area contributed by atoms with E-state index in [4.69, 9.17) is 4.74 Å². The monoisotopic (exact) mass is 287 g/mol. The molecular weight excluding hydrogens is 266 g/mol. The van der Waals surface area contributed by atoms with Crippen LogP contribution in [0.4, 0.5) is 10.5 Å². The van der Waals surface area contributed by atoms with Crippen LogP contribution in [0.3, 0.4) is 0 Å². The lowest BCUT2D eigenvalue weighted by atomic mass is 10.1. The summed E-state index contributed by atoms with van der Waals surface area (Å²) in [6.07, 6.45) is 3.07. The van der Waals surface area contributed by atoms with Crippen LogP contribution in [0.25, 0.3) is 0 Å². The summed E-state index contributed by atoms with van der Waals surface area (Å²) in [5.41, 5.74) is 1.64. The number of carbonyl (C=O) groups is 1. The van der Waals surface area contributed by atoms with E-state index < -0.39 is 0 Å². The molecule has 2 aliphatic heterocycles. The van der Waals surface area contributed by atoms with Crippen molar-refractivity contribution in [2.75, 3.05) is 24.5 Å². The zero-order valence-electron chi connectivity index (χ0n) is 12.1. The fraction of sp³-hybridized carbons (Fsp3) is 0.438. The molecule has 0 spiro atoms. The average molecular weight is 287 g/mol. The summed E-state index contributed by atoms with van der Waals surface area (Å²) in [4.78, 5) is 13.7. The largest absolute Gasteiger partial charge is 0.490 e. The zero-order valence-corrected chi connectivity index (χ0v) is 12.1. The van der Waals surface area contributed by atoms with Gasteiger partial charge in [0.2, 0.25) is 0 Å². The Morgan fingerprint density at radius 2 is 2.10 bits per heavy atom. The van der Waals surface area contributed by atoms with Gasteiger partial charge < -0.3 is 15.4 Å². The van der Waals surface area contributed by atoms with Gasteiger partial charge in [-0.05, 0) is 38.1 Å². The maximum atomic E-state index is 12.0. The topological polar surface area (TPSA) is 53.6 Å². The van der Waals surface area contributed by atoms with Crippen molar-refractivity contribution < 1.29 is 9.53 Å². The zero-order chi connectivity index (χ0) is 14.7. The number of nitrogens with zero attached hydrogens (tertiary/aromatic N) is 1. The Hall–Kier alpha value is -2.01. The molecule has 1 aromatic rings. The van der Waals surface area contributed by atoms with Crippen molar-refractivity contribution in [3.8, 4) is 5.75 Å². The van der Waals surface area contributed by atoms with E-state index in [9.17, 15) is 4.79 Å². The fourth-order valence-electron chi connectivity index (χ4n) is 2.71. The third kappa shape index (κ3) is 3.36. The summed E-state index contributed by atoms with van der Waals surface area (Å²) in [5.74, 6) is 0.830. The molecule has 2 N–H and O–H groups in total. The van der Waals surface area contributed by atoms with Gasteiger partial charge in [0.25, 0.3) is 0 Å². The van der Waals surface area contributed by atoms with Crippen LogP contribution in [0.15, 0.2) is 36.5 Å². The molecule has 112 valence electrons.